The number of benzene rings is 4. The minimum Gasteiger partial charge on any atom is -0.457 e. The number of nitro groups is 1. The summed E-state index contributed by atoms with van der Waals surface area (Å²) >= 11 is 0. The topological polar surface area (TPSA) is 134 Å². The molecule has 39 heavy (non-hydrogen) atoms. The molecule has 1 atom stereocenters. The van der Waals surface area contributed by atoms with Gasteiger partial charge in [0.15, 0.2) is 5.78 Å². The molecule has 0 spiro atoms. The third-order valence-electron chi connectivity index (χ3n) is 5.94. The summed E-state index contributed by atoms with van der Waals surface area (Å²) < 4.78 is 11.6. The standard InChI is InChI=1S/C30H27N3O6/c1-20-6-5-9-26(28(20)33(36)37)30(35)32-27(19-38-18-21-7-3-2-4-8-21)29(34)22-10-14-24(15-11-22)39-25-16-12-23(31)13-17-25/h2-17,27H,18-19,31H2,1H3,(H,32,35). The first-order valence-electron chi connectivity index (χ1n) is 12.2. The average molecular weight is 526 g/mol. The van der Waals surface area contributed by atoms with Crippen LogP contribution in [0.5, 0.6) is 11.5 Å². The van der Waals surface area contributed by atoms with Gasteiger partial charge in [-0.05, 0) is 67.1 Å². The Hall–Kier alpha value is -5.02. The summed E-state index contributed by atoms with van der Waals surface area (Å²) in [5, 5.41) is 14.3. The number of carbonyl (C=O) groups is 2. The van der Waals surface area contributed by atoms with E-state index >= 15 is 0 Å². The monoisotopic (exact) mass is 525 g/mol. The number of anilines is 1. The molecule has 9 nitrogen and oxygen atoms in total. The molecule has 0 saturated carbocycles. The molecule has 3 N–H and O–H groups in total. The molecule has 1 unspecified atom stereocenters. The van der Waals surface area contributed by atoms with Gasteiger partial charge in [-0.25, -0.2) is 0 Å². The van der Waals surface area contributed by atoms with E-state index in [1.165, 1.54) is 6.07 Å². The van der Waals surface area contributed by atoms with E-state index in [1.807, 2.05) is 30.3 Å². The number of hydrogen-bond donors (Lipinski definition) is 2. The zero-order valence-corrected chi connectivity index (χ0v) is 21.2. The Morgan fingerprint density at radius 3 is 2.18 bits per heavy atom. The van der Waals surface area contributed by atoms with Gasteiger partial charge >= 0.3 is 0 Å². The summed E-state index contributed by atoms with van der Waals surface area (Å²) in [6.07, 6.45) is 0. The van der Waals surface area contributed by atoms with Crippen LogP contribution in [0.15, 0.2) is 97.1 Å². The molecule has 0 aromatic heterocycles. The number of Topliss-reactive ketones (excluding diaryl/α,β-unsaturated/α-hetero) is 1. The lowest BCUT2D eigenvalue weighted by Gasteiger charge is -2.19. The van der Waals surface area contributed by atoms with Gasteiger partial charge in [0.05, 0.1) is 18.1 Å². The molecule has 198 valence electrons. The number of aryl methyl sites for hydroxylation is 1. The Morgan fingerprint density at radius 1 is 0.897 bits per heavy atom. The Labute approximate surface area is 225 Å². The number of hydrogen-bond acceptors (Lipinski definition) is 7. The number of ketones is 1. The lowest BCUT2D eigenvalue weighted by atomic mass is 10.0. The summed E-state index contributed by atoms with van der Waals surface area (Å²) in [5.74, 6) is -0.0591. The van der Waals surface area contributed by atoms with Crippen LogP contribution in [0, 0.1) is 17.0 Å². The van der Waals surface area contributed by atoms with Crippen molar-refractivity contribution < 1.29 is 24.0 Å². The molecule has 9 heteroatoms. The maximum Gasteiger partial charge on any atom is 0.285 e. The third kappa shape index (κ3) is 7.06. The van der Waals surface area contributed by atoms with Crippen molar-refractivity contribution >= 4 is 23.1 Å². The zero-order chi connectivity index (χ0) is 27.8. The molecule has 0 heterocycles. The number of nitrogens with two attached hydrogens (primary N) is 1. The van der Waals surface area contributed by atoms with Crippen LogP contribution in [-0.4, -0.2) is 29.3 Å². The molecular formula is C30H27N3O6. The number of nitrogens with zero attached hydrogens (tertiary/aromatic N) is 1. The van der Waals surface area contributed by atoms with Crippen LogP contribution in [-0.2, 0) is 11.3 Å². The first kappa shape index (κ1) is 27.0. The number of carbonyl (C=O) groups excluding carboxylic acids is 2. The van der Waals surface area contributed by atoms with E-state index < -0.39 is 22.7 Å². The summed E-state index contributed by atoms with van der Waals surface area (Å²) in [7, 11) is 0. The molecule has 0 saturated heterocycles. The van der Waals surface area contributed by atoms with Gasteiger partial charge in [0.25, 0.3) is 11.6 Å². The maximum absolute atomic E-state index is 13.5. The predicted octanol–water partition coefficient (Wildman–Crippen LogP) is 5.48. The SMILES string of the molecule is Cc1cccc(C(=O)NC(COCc2ccccc2)C(=O)c2ccc(Oc3ccc(N)cc3)cc2)c1[N+](=O)[O-]. The largest absolute Gasteiger partial charge is 0.457 e. The van der Waals surface area contributed by atoms with E-state index in [0.717, 1.165) is 5.56 Å². The maximum atomic E-state index is 13.5. The summed E-state index contributed by atoms with van der Waals surface area (Å²) in [6.45, 7) is 1.64. The highest BCUT2D eigenvalue weighted by Gasteiger charge is 2.28. The molecule has 0 bridgehead atoms. The fourth-order valence-corrected chi connectivity index (χ4v) is 3.93. The quantitative estimate of drug-likeness (QED) is 0.115. The molecule has 0 aliphatic rings. The molecule has 0 fully saturated rings. The van der Waals surface area contributed by atoms with Crippen LogP contribution in [0.1, 0.15) is 31.8 Å². The van der Waals surface area contributed by atoms with Crippen molar-refractivity contribution in [3.05, 3.63) is 129 Å². The van der Waals surface area contributed by atoms with Crippen LogP contribution in [0.2, 0.25) is 0 Å². The Balaban J connectivity index is 1.53. The summed E-state index contributed by atoms with van der Waals surface area (Å²) in [6, 6.07) is 26.1. The van der Waals surface area contributed by atoms with Gasteiger partial charge in [-0.1, -0.05) is 42.5 Å². The van der Waals surface area contributed by atoms with Crippen LogP contribution in [0.3, 0.4) is 0 Å². The van der Waals surface area contributed by atoms with Crippen molar-refractivity contribution in [2.24, 2.45) is 0 Å². The van der Waals surface area contributed by atoms with Gasteiger partial charge in [-0.2, -0.15) is 0 Å². The number of nitrogen functional groups attached to an aromatic ring is 1. The normalized spacial score (nSPS) is 11.4. The Bertz CT molecular complexity index is 1450. The van der Waals surface area contributed by atoms with E-state index in [9.17, 15) is 19.7 Å². The number of para-hydroxylation sites is 1. The first-order chi connectivity index (χ1) is 18.8. The second kappa shape index (κ2) is 12.5. The summed E-state index contributed by atoms with van der Waals surface area (Å²) in [5.41, 5.74) is 7.43. The van der Waals surface area contributed by atoms with Crippen molar-refractivity contribution in [3.63, 3.8) is 0 Å². The lowest BCUT2D eigenvalue weighted by Crippen LogP contribution is -2.44. The highest BCUT2D eigenvalue weighted by molar-refractivity contribution is 6.05. The van der Waals surface area contributed by atoms with Crippen LogP contribution < -0.4 is 15.8 Å². The molecule has 1 amide bonds. The van der Waals surface area contributed by atoms with Crippen molar-refractivity contribution in [2.75, 3.05) is 12.3 Å². The lowest BCUT2D eigenvalue weighted by molar-refractivity contribution is -0.385. The molecule has 0 aliphatic heterocycles. The number of amides is 1. The highest BCUT2D eigenvalue weighted by Crippen LogP contribution is 2.25. The van der Waals surface area contributed by atoms with Crippen LogP contribution in [0.4, 0.5) is 11.4 Å². The van der Waals surface area contributed by atoms with Crippen molar-refractivity contribution in [3.8, 4) is 11.5 Å². The van der Waals surface area contributed by atoms with Crippen LogP contribution >= 0.6 is 0 Å². The molecule has 4 rings (SSSR count). The van der Waals surface area contributed by atoms with Gasteiger partial charge in [0.1, 0.15) is 23.1 Å². The smallest absolute Gasteiger partial charge is 0.285 e. The molecular weight excluding hydrogens is 498 g/mol. The second-order valence-corrected chi connectivity index (χ2v) is 8.81. The first-order valence-corrected chi connectivity index (χ1v) is 12.2. The van der Waals surface area contributed by atoms with Gasteiger partial charge in [0, 0.05) is 16.8 Å². The van der Waals surface area contributed by atoms with E-state index in [2.05, 4.69) is 5.32 Å². The van der Waals surface area contributed by atoms with Gasteiger partial charge < -0.3 is 20.5 Å². The minimum absolute atomic E-state index is 0.131. The number of nitrogens with one attached hydrogen (secondary N) is 1. The van der Waals surface area contributed by atoms with Gasteiger partial charge in [0.2, 0.25) is 0 Å². The molecule has 0 aliphatic carbocycles. The fraction of sp³-hybridized carbons (Fsp3) is 0.133. The molecule has 0 radical (unpaired) electrons. The van der Waals surface area contributed by atoms with Crippen molar-refractivity contribution in [1.82, 2.24) is 5.32 Å². The van der Waals surface area contributed by atoms with Crippen molar-refractivity contribution in [2.45, 2.75) is 19.6 Å². The Kier molecular flexibility index (Phi) is 8.65. The Morgan fingerprint density at radius 2 is 1.54 bits per heavy atom. The van der Waals surface area contributed by atoms with E-state index in [4.69, 9.17) is 15.2 Å². The number of rotatable bonds is 11. The van der Waals surface area contributed by atoms with Gasteiger partial charge in [-0.3, -0.25) is 19.7 Å². The van der Waals surface area contributed by atoms with E-state index in [-0.39, 0.29) is 24.5 Å². The highest BCUT2D eigenvalue weighted by atomic mass is 16.6. The van der Waals surface area contributed by atoms with Crippen LogP contribution in [0.25, 0.3) is 0 Å². The zero-order valence-electron chi connectivity index (χ0n) is 21.2. The third-order valence-corrected chi connectivity index (χ3v) is 5.94. The summed E-state index contributed by atoms with van der Waals surface area (Å²) in [4.78, 5) is 37.6. The van der Waals surface area contributed by atoms with E-state index in [1.54, 1.807) is 67.6 Å². The fourth-order valence-electron chi connectivity index (χ4n) is 3.93. The predicted molar refractivity (Wildman–Crippen MR) is 147 cm³/mol. The van der Waals surface area contributed by atoms with Crippen molar-refractivity contribution in [1.29, 1.82) is 0 Å². The average Bonchev–Trinajstić information content (AvgIpc) is 2.94. The second-order valence-electron chi connectivity index (χ2n) is 8.81. The van der Waals surface area contributed by atoms with E-state index in [0.29, 0.717) is 28.3 Å². The number of nitro benzene ring substituents is 1. The number of ether oxygens (including phenoxy) is 2. The molecule has 4 aromatic carbocycles. The molecule has 4 aromatic rings. The minimum atomic E-state index is -1.09. The van der Waals surface area contributed by atoms with Gasteiger partial charge in [-0.15, -0.1) is 0 Å².